The molecular formula is C13H17FN2O. The van der Waals surface area contributed by atoms with Gasteiger partial charge in [0.15, 0.2) is 0 Å². The molecule has 3 nitrogen and oxygen atoms in total. The molecule has 4 heteroatoms. The highest BCUT2D eigenvalue weighted by Crippen LogP contribution is 2.18. The van der Waals surface area contributed by atoms with E-state index in [1.54, 1.807) is 17.0 Å². The standard InChI is InChI=1S/C13H17FN2O/c14-12-6-2-1-5-11(12)13(17)16-7-3-4-10(8-15)9-16/h1-2,5-6,10H,3-4,7-9,15H2. The molecule has 0 spiro atoms. The summed E-state index contributed by atoms with van der Waals surface area (Å²) in [4.78, 5) is 13.8. The van der Waals surface area contributed by atoms with Crippen molar-refractivity contribution in [2.24, 2.45) is 11.7 Å². The van der Waals surface area contributed by atoms with Crippen LogP contribution in [0.5, 0.6) is 0 Å². The quantitative estimate of drug-likeness (QED) is 0.848. The molecule has 1 fully saturated rings. The summed E-state index contributed by atoms with van der Waals surface area (Å²) in [7, 11) is 0. The topological polar surface area (TPSA) is 46.3 Å². The number of hydrogen-bond acceptors (Lipinski definition) is 2. The lowest BCUT2D eigenvalue weighted by Gasteiger charge is -2.32. The van der Waals surface area contributed by atoms with Gasteiger partial charge in [0.1, 0.15) is 5.82 Å². The third-order valence-corrected chi connectivity index (χ3v) is 3.24. The minimum Gasteiger partial charge on any atom is -0.338 e. The highest BCUT2D eigenvalue weighted by Gasteiger charge is 2.24. The largest absolute Gasteiger partial charge is 0.338 e. The molecule has 1 aromatic carbocycles. The molecule has 1 aliphatic rings. The van der Waals surface area contributed by atoms with Gasteiger partial charge in [0.2, 0.25) is 0 Å². The van der Waals surface area contributed by atoms with Gasteiger partial charge in [-0.05, 0) is 37.4 Å². The minimum atomic E-state index is -0.452. The first-order valence-electron chi connectivity index (χ1n) is 5.96. The summed E-state index contributed by atoms with van der Waals surface area (Å²) in [6, 6.07) is 6.12. The van der Waals surface area contributed by atoms with E-state index in [1.165, 1.54) is 12.1 Å². The second-order valence-corrected chi connectivity index (χ2v) is 4.47. The Morgan fingerprint density at radius 2 is 2.24 bits per heavy atom. The summed E-state index contributed by atoms with van der Waals surface area (Å²) in [5.41, 5.74) is 5.78. The Hall–Kier alpha value is -1.42. The summed E-state index contributed by atoms with van der Waals surface area (Å²) in [6.45, 7) is 1.92. The Bertz CT molecular complexity index is 408. The number of likely N-dealkylation sites (tertiary alicyclic amines) is 1. The van der Waals surface area contributed by atoms with E-state index in [9.17, 15) is 9.18 Å². The zero-order valence-corrected chi connectivity index (χ0v) is 9.73. The predicted octanol–water partition coefficient (Wildman–Crippen LogP) is 1.64. The lowest BCUT2D eigenvalue weighted by atomic mass is 9.97. The van der Waals surface area contributed by atoms with Crippen molar-refractivity contribution in [3.8, 4) is 0 Å². The summed E-state index contributed by atoms with van der Waals surface area (Å²) in [6.07, 6.45) is 2.00. The molecule has 1 unspecified atom stereocenters. The number of hydrogen-bond donors (Lipinski definition) is 1. The zero-order valence-electron chi connectivity index (χ0n) is 9.73. The molecule has 2 rings (SSSR count). The average molecular weight is 236 g/mol. The van der Waals surface area contributed by atoms with E-state index in [1.807, 2.05) is 0 Å². The fraction of sp³-hybridized carbons (Fsp3) is 0.462. The van der Waals surface area contributed by atoms with Crippen LogP contribution in [0.1, 0.15) is 23.2 Å². The highest BCUT2D eigenvalue weighted by molar-refractivity contribution is 5.94. The lowest BCUT2D eigenvalue weighted by Crippen LogP contribution is -2.42. The molecule has 0 radical (unpaired) electrons. The van der Waals surface area contributed by atoms with Crippen LogP contribution in [0.15, 0.2) is 24.3 Å². The van der Waals surface area contributed by atoms with Crippen LogP contribution >= 0.6 is 0 Å². The van der Waals surface area contributed by atoms with Gasteiger partial charge in [-0.1, -0.05) is 12.1 Å². The third-order valence-electron chi connectivity index (χ3n) is 3.24. The van der Waals surface area contributed by atoms with Gasteiger partial charge in [-0.3, -0.25) is 4.79 Å². The van der Waals surface area contributed by atoms with Crippen LogP contribution in [0.3, 0.4) is 0 Å². The van der Waals surface area contributed by atoms with Crippen LogP contribution in [-0.2, 0) is 0 Å². The molecular weight excluding hydrogens is 219 g/mol. The monoisotopic (exact) mass is 236 g/mol. The third kappa shape index (κ3) is 2.64. The average Bonchev–Trinajstić information content (AvgIpc) is 2.38. The van der Waals surface area contributed by atoms with E-state index in [-0.39, 0.29) is 11.5 Å². The molecule has 1 aliphatic heterocycles. The van der Waals surface area contributed by atoms with Crippen molar-refractivity contribution in [3.63, 3.8) is 0 Å². The first-order valence-corrected chi connectivity index (χ1v) is 5.96. The van der Waals surface area contributed by atoms with E-state index in [2.05, 4.69) is 0 Å². The number of rotatable bonds is 2. The molecule has 1 saturated heterocycles. The Morgan fingerprint density at radius 3 is 2.94 bits per heavy atom. The number of nitrogens with two attached hydrogens (primary N) is 1. The van der Waals surface area contributed by atoms with Gasteiger partial charge in [0, 0.05) is 13.1 Å². The lowest BCUT2D eigenvalue weighted by molar-refractivity contribution is 0.0673. The Kier molecular flexibility index (Phi) is 3.74. The summed E-state index contributed by atoms with van der Waals surface area (Å²) in [5.74, 6) is -0.326. The Balaban J connectivity index is 2.12. The van der Waals surface area contributed by atoms with Gasteiger partial charge in [0.05, 0.1) is 5.56 Å². The maximum atomic E-state index is 13.5. The molecule has 17 heavy (non-hydrogen) atoms. The molecule has 1 amide bonds. The molecule has 2 N–H and O–H groups in total. The Labute approximate surface area is 100 Å². The SMILES string of the molecule is NCC1CCCN(C(=O)c2ccccc2F)C1. The van der Waals surface area contributed by atoms with Gasteiger partial charge in [-0.25, -0.2) is 4.39 Å². The van der Waals surface area contributed by atoms with Crippen molar-refractivity contribution in [2.75, 3.05) is 19.6 Å². The van der Waals surface area contributed by atoms with Crippen LogP contribution in [0.25, 0.3) is 0 Å². The normalized spacial score (nSPS) is 20.4. The van der Waals surface area contributed by atoms with Crippen molar-refractivity contribution in [3.05, 3.63) is 35.6 Å². The second kappa shape index (κ2) is 5.27. The van der Waals surface area contributed by atoms with Crippen molar-refractivity contribution in [1.82, 2.24) is 4.90 Å². The number of halogens is 1. The van der Waals surface area contributed by atoms with Crippen LogP contribution in [0.4, 0.5) is 4.39 Å². The van der Waals surface area contributed by atoms with Crippen molar-refractivity contribution in [2.45, 2.75) is 12.8 Å². The predicted molar refractivity (Wildman–Crippen MR) is 64.1 cm³/mol. The fourth-order valence-corrected chi connectivity index (χ4v) is 2.25. The molecule has 0 bridgehead atoms. The van der Waals surface area contributed by atoms with Gasteiger partial charge in [0.25, 0.3) is 5.91 Å². The van der Waals surface area contributed by atoms with Crippen LogP contribution in [0, 0.1) is 11.7 Å². The smallest absolute Gasteiger partial charge is 0.256 e. The van der Waals surface area contributed by atoms with Gasteiger partial charge < -0.3 is 10.6 Å². The summed E-state index contributed by atoms with van der Waals surface area (Å²) >= 11 is 0. The number of amides is 1. The van der Waals surface area contributed by atoms with E-state index in [4.69, 9.17) is 5.73 Å². The molecule has 1 atom stereocenters. The maximum absolute atomic E-state index is 13.5. The van der Waals surface area contributed by atoms with Crippen LogP contribution in [-0.4, -0.2) is 30.4 Å². The number of piperidine rings is 1. The minimum absolute atomic E-state index is 0.158. The Morgan fingerprint density at radius 1 is 1.47 bits per heavy atom. The first kappa shape index (κ1) is 12.0. The number of carbonyl (C=O) groups is 1. The van der Waals surface area contributed by atoms with Gasteiger partial charge >= 0.3 is 0 Å². The number of nitrogens with zero attached hydrogens (tertiary/aromatic N) is 1. The van der Waals surface area contributed by atoms with E-state index >= 15 is 0 Å². The van der Waals surface area contributed by atoms with Crippen LogP contribution in [0.2, 0.25) is 0 Å². The first-order chi connectivity index (χ1) is 8.22. The number of carbonyl (C=O) groups excluding carboxylic acids is 1. The van der Waals surface area contributed by atoms with Crippen molar-refractivity contribution < 1.29 is 9.18 Å². The van der Waals surface area contributed by atoms with Crippen LogP contribution < -0.4 is 5.73 Å². The molecule has 0 saturated carbocycles. The highest BCUT2D eigenvalue weighted by atomic mass is 19.1. The summed E-state index contributed by atoms with van der Waals surface area (Å²) in [5, 5.41) is 0. The molecule has 0 aromatic heterocycles. The second-order valence-electron chi connectivity index (χ2n) is 4.47. The van der Waals surface area contributed by atoms with E-state index < -0.39 is 5.82 Å². The van der Waals surface area contributed by atoms with E-state index in [0.717, 1.165) is 12.8 Å². The van der Waals surface area contributed by atoms with Crippen molar-refractivity contribution in [1.29, 1.82) is 0 Å². The maximum Gasteiger partial charge on any atom is 0.256 e. The molecule has 1 aromatic rings. The van der Waals surface area contributed by atoms with Gasteiger partial charge in [-0.15, -0.1) is 0 Å². The van der Waals surface area contributed by atoms with E-state index in [0.29, 0.717) is 25.6 Å². The molecule has 1 heterocycles. The van der Waals surface area contributed by atoms with Gasteiger partial charge in [-0.2, -0.15) is 0 Å². The fourth-order valence-electron chi connectivity index (χ4n) is 2.25. The van der Waals surface area contributed by atoms with Crippen molar-refractivity contribution >= 4 is 5.91 Å². The number of benzene rings is 1. The molecule has 0 aliphatic carbocycles. The zero-order chi connectivity index (χ0) is 12.3. The molecule has 92 valence electrons. The summed E-state index contributed by atoms with van der Waals surface area (Å²) < 4.78 is 13.5.